The molecule has 0 aliphatic heterocycles. The van der Waals surface area contributed by atoms with Crippen molar-refractivity contribution in [2.24, 2.45) is 0 Å². The third-order valence-corrected chi connectivity index (χ3v) is 2.76. The zero-order chi connectivity index (χ0) is 11.6. The fourth-order valence-corrected chi connectivity index (χ4v) is 1.80. The number of nitriles is 1. The summed E-state index contributed by atoms with van der Waals surface area (Å²) < 4.78 is 24.6. The molecule has 0 fully saturated rings. The number of aromatic nitrogens is 1. The van der Waals surface area contributed by atoms with Crippen LogP contribution >= 0.6 is 22.6 Å². The minimum absolute atomic E-state index is 0.151. The predicted molar refractivity (Wildman–Crippen MR) is 53.6 cm³/mol. The molecule has 1 aromatic rings. The van der Waals surface area contributed by atoms with Crippen LogP contribution in [0.15, 0.2) is 6.20 Å². The van der Waals surface area contributed by atoms with E-state index in [4.69, 9.17) is 10.4 Å². The Kier molecular flexibility index (Phi) is 3.52. The minimum Gasteiger partial charge on any atom is -0.478 e. The molecular weight excluding hydrogens is 321 g/mol. The van der Waals surface area contributed by atoms with Gasteiger partial charge in [-0.15, -0.1) is 0 Å². The topological polar surface area (TPSA) is 74.0 Å². The van der Waals surface area contributed by atoms with Gasteiger partial charge in [-0.2, -0.15) is 5.26 Å². The Bertz CT molecular complexity index is 457. The number of alkyl halides is 2. The lowest BCUT2D eigenvalue weighted by Crippen LogP contribution is -2.08. The molecule has 0 atom stereocenters. The summed E-state index contributed by atoms with van der Waals surface area (Å²) in [6.45, 7) is 0. The molecule has 0 bridgehead atoms. The number of halogens is 3. The number of pyridine rings is 1. The SMILES string of the molecule is N#Cc1ncc(C(F)F)c(I)c1C(=O)O. The van der Waals surface area contributed by atoms with Gasteiger partial charge in [0, 0.05) is 9.77 Å². The van der Waals surface area contributed by atoms with Crippen molar-refractivity contribution in [1.29, 1.82) is 5.26 Å². The molecule has 1 aromatic heterocycles. The largest absolute Gasteiger partial charge is 0.478 e. The van der Waals surface area contributed by atoms with Crippen LogP contribution in [0.4, 0.5) is 8.78 Å². The molecule has 0 aromatic carbocycles. The number of carboxylic acid groups (broad SMARTS) is 1. The van der Waals surface area contributed by atoms with Gasteiger partial charge in [-0.1, -0.05) is 0 Å². The number of carboxylic acids is 1. The van der Waals surface area contributed by atoms with Gasteiger partial charge in [0.1, 0.15) is 11.6 Å². The van der Waals surface area contributed by atoms with Gasteiger partial charge in [-0.25, -0.2) is 18.6 Å². The summed E-state index contributed by atoms with van der Waals surface area (Å²) in [5.41, 5.74) is -1.32. The van der Waals surface area contributed by atoms with Crippen LogP contribution in [0.5, 0.6) is 0 Å². The maximum Gasteiger partial charge on any atom is 0.339 e. The first kappa shape index (κ1) is 11.8. The molecular formula is C8H3F2IN2O2. The summed E-state index contributed by atoms with van der Waals surface area (Å²) >= 11 is 1.47. The van der Waals surface area contributed by atoms with E-state index in [1.165, 1.54) is 22.6 Å². The third kappa shape index (κ3) is 2.20. The normalized spacial score (nSPS) is 10.1. The Hall–Kier alpha value is -1.30. The highest BCUT2D eigenvalue weighted by molar-refractivity contribution is 14.1. The van der Waals surface area contributed by atoms with Crippen molar-refractivity contribution in [3.05, 3.63) is 26.6 Å². The molecule has 0 saturated carbocycles. The number of aromatic carboxylic acids is 1. The second kappa shape index (κ2) is 4.48. The molecule has 0 spiro atoms. The maximum absolute atomic E-state index is 12.4. The van der Waals surface area contributed by atoms with E-state index >= 15 is 0 Å². The van der Waals surface area contributed by atoms with Crippen LogP contribution in [-0.2, 0) is 0 Å². The zero-order valence-corrected chi connectivity index (χ0v) is 9.20. The maximum atomic E-state index is 12.4. The van der Waals surface area contributed by atoms with Crippen LogP contribution < -0.4 is 0 Å². The van der Waals surface area contributed by atoms with Gasteiger partial charge in [0.2, 0.25) is 0 Å². The molecule has 1 heterocycles. The zero-order valence-electron chi connectivity index (χ0n) is 7.04. The first-order valence-electron chi connectivity index (χ1n) is 3.59. The van der Waals surface area contributed by atoms with Crippen LogP contribution in [0.2, 0.25) is 0 Å². The lowest BCUT2D eigenvalue weighted by molar-refractivity contribution is 0.0694. The Morgan fingerprint density at radius 1 is 1.67 bits per heavy atom. The summed E-state index contributed by atoms with van der Waals surface area (Å²) in [6, 6.07) is 1.54. The van der Waals surface area contributed by atoms with Crippen molar-refractivity contribution in [2.45, 2.75) is 6.43 Å². The predicted octanol–water partition coefficient (Wildman–Crippen LogP) is 2.19. The highest BCUT2D eigenvalue weighted by atomic mass is 127. The number of carbonyl (C=O) groups is 1. The van der Waals surface area contributed by atoms with Gasteiger partial charge in [-0.05, 0) is 22.6 Å². The number of rotatable bonds is 2. The van der Waals surface area contributed by atoms with Gasteiger partial charge in [-0.3, -0.25) is 0 Å². The van der Waals surface area contributed by atoms with E-state index in [2.05, 4.69) is 4.98 Å². The lowest BCUT2D eigenvalue weighted by atomic mass is 10.1. The third-order valence-electron chi connectivity index (χ3n) is 1.60. The Balaban J connectivity index is 3.51. The van der Waals surface area contributed by atoms with Crippen molar-refractivity contribution in [3.8, 4) is 6.07 Å². The fourth-order valence-electron chi connectivity index (χ4n) is 0.936. The van der Waals surface area contributed by atoms with Crippen LogP contribution in [0.25, 0.3) is 0 Å². The first-order chi connectivity index (χ1) is 6.99. The van der Waals surface area contributed by atoms with Crippen LogP contribution in [0, 0.1) is 14.9 Å². The standard InChI is InChI=1S/C8H3F2IN2O2/c9-7(10)3-2-13-4(1-12)5(6(3)11)8(14)15/h2,7H,(H,14,15). The molecule has 0 saturated heterocycles. The number of hydrogen-bond donors (Lipinski definition) is 1. The van der Waals surface area contributed by atoms with Crippen molar-refractivity contribution in [2.75, 3.05) is 0 Å². The summed E-state index contributed by atoms with van der Waals surface area (Å²) in [6.07, 6.45) is -1.99. The highest BCUT2D eigenvalue weighted by Gasteiger charge is 2.22. The lowest BCUT2D eigenvalue weighted by Gasteiger charge is -2.06. The van der Waals surface area contributed by atoms with E-state index < -0.39 is 23.5 Å². The second-order valence-electron chi connectivity index (χ2n) is 2.47. The van der Waals surface area contributed by atoms with E-state index in [0.29, 0.717) is 0 Å². The molecule has 4 nitrogen and oxygen atoms in total. The van der Waals surface area contributed by atoms with Crippen molar-refractivity contribution < 1.29 is 18.7 Å². The summed E-state index contributed by atoms with van der Waals surface area (Å²) in [5.74, 6) is -1.44. The van der Waals surface area contributed by atoms with Crippen LogP contribution in [0.3, 0.4) is 0 Å². The average molecular weight is 324 g/mol. The first-order valence-corrected chi connectivity index (χ1v) is 4.66. The van der Waals surface area contributed by atoms with E-state index in [0.717, 1.165) is 6.20 Å². The molecule has 0 radical (unpaired) electrons. The molecule has 0 aliphatic rings. The molecule has 0 amide bonds. The second-order valence-corrected chi connectivity index (χ2v) is 3.55. The quantitative estimate of drug-likeness (QED) is 0.847. The smallest absolute Gasteiger partial charge is 0.339 e. The molecule has 7 heteroatoms. The van der Waals surface area contributed by atoms with E-state index in [1.54, 1.807) is 6.07 Å². The Labute approximate surface area is 96.7 Å². The Morgan fingerprint density at radius 3 is 2.67 bits per heavy atom. The van der Waals surface area contributed by atoms with E-state index in [1.807, 2.05) is 0 Å². The molecule has 78 valence electrons. The monoisotopic (exact) mass is 324 g/mol. The fraction of sp³-hybridized carbons (Fsp3) is 0.125. The molecule has 1 N–H and O–H groups in total. The summed E-state index contributed by atoms with van der Waals surface area (Å²) in [4.78, 5) is 14.1. The molecule has 15 heavy (non-hydrogen) atoms. The van der Waals surface area contributed by atoms with Crippen LogP contribution in [-0.4, -0.2) is 16.1 Å². The molecule has 1 rings (SSSR count). The van der Waals surface area contributed by atoms with Gasteiger partial charge in [0.25, 0.3) is 6.43 Å². The van der Waals surface area contributed by atoms with Crippen LogP contribution in [0.1, 0.15) is 28.0 Å². The number of nitrogens with zero attached hydrogens (tertiary/aromatic N) is 2. The molecule has 0 aliphatic carbocycles. The van der Waals surface area contributed by atoms with Crippen molar-refractivity contribution >= 4 is 28.6 Å². The highest BCUT2D eigenvalue weighted by Crippen LogP contribution is 2.27. The average Bonchev–Trinajstić information content (AvgIpc) is 2.15. The molecule has 0 unspecified atom stereocenters. The van der Waals surface area contributed by atoms with E-state index in [9.17, 15) is 13.6 Å². The number of hydrogen-bond acceptors (Lipinski definition) is 3. The van der Waals surface area contributed by atoms with Gasteiger partial charge in [0.05, 0.1) is 5.56 Å². The van der Waals surface area contributed by atoms with Crippen molar-refractivity contribution in [3.63, 3.8) is 0 Å². The Morgan fingerprint density at radius 2 is 2.27 bits per heavy atom. The van der Waals surface area contributed by atoms with Gasteiger partial charge >= 0.3 is 5.97 Å². The minimum atomic E-state index is -2.81. The summed E-state index contributed by atoms with van der Waals surface area (Å²) in [5, 5.41) is 17.3. The van der Waals surface area contributed by atoms with Gasteiger partial charge < -0.3 is 5.11 Å². The van der Waals surface area contributed by atoms with Gasteiger partial charge in [0.15, 0.2) is 5.69 Å². The summed E-state index contributed by atoms with van der Waals surface area (Å²) in [7, 11) is 0. The van der Waals surface area contributed by atoms with Crippen molar-refractivity contribution in [1.82, 2.24) is 4.98 Å². The van der Waals surface area contributed by atoms with E-state index in [-0.39, 0.29) is 9.26 Å².